The van der Waals surface area contributed by atoms with Crippen molar-refractivity contribution in [2.24, 2.45) is 0 Å². The van der Waals surface area contributed by atoms with Crippen LogP contribution >= 0.6 is 0 Å². The van der Waals surface area contributed by atoms with Gasteiger partial charge in [0.1, 0.15) is 0 Å². The van der Waals surface area contributed by atoms with E-state index in [4.69, 9.17) is 0 Å². The fraction of sp³-hybridized carbons (Fsp3) is 0.118. The van der Waals surface area contributed by atoms with E-state index in [0.29, 0.717) is 6.54 Å². The van der Waals surface area contributed by atoms with E-state index in [1.165, 1.54) is 5.56 Å². The number of hydrogen-bond acceptors (Lipinski definition) is 4. The maximum Gasteiger partial charge on any atom is 0.0708 e. The number of nitrogens with zero attached hydrogens (tertiary/aromatic N) is 1. The van der Waals surface area contributed by atoms with Crippen LogP contribution in [0.3, 0.4) is 0 Å². The molecule has 0 aliphatic heterocycles. The molecule has 3 rings (SSSR count). The van der Waals surface area contributed by atoms with Crippen LogP contribution in [0.15, 0.2) is 59.5 Å². The molecule has 0 spiro atoms. The quantitative estimate of drug-likeness (QED) is 0.750. The van der Waals surface area contributed by atoms with Gasteiger partial charge in [0.25, 0.3) is 0 Å². The Morgan fingerprint density at radius 3 is 2.59 bits per heavy atom. The number of aromatic nitrogens is 1. The molecule has 2 aromatic carbocycles. The molecule has 0 fully saturated rings. The zero-order valence-corrected chi connectivity index (χ0v) is 12.9. The highest BCUT2D eigenvalue weighted by atomic mass is 32.2. The van der Waals surface area contributed by atoms with Crippen molar-refractivity contribution >= 4 is 27.7 Å². The molecule has 1 atom stereocenters. The lowest BCUT2D eigenvalue weighted by molar-refractivity contribution is 0.537. The summed E-state index contributed by atoms with van der Waals surface area (Å²) in [6, 6.07) is 16.8. The van der Waals surface area contributed by atoms with Crippen molar-refractivity contribution < 1.29 is 8.76 Å². The van der Waals surface area contributed by atoms with Gasteiger partial charge in [-0.3, -0.25) is 9.19 Å². The molecular weight excluding hydrogens is 296 g/mol. The molecule has 4 nitrogen and oxygen atoms in total. The van der Waals surface area contributed by atoms with Gasteiger partial charge in [-0.05, 0) is 60.0 Å². The summed E-state index contributed by atoms with van der Waals surface area (Å²) in [6.07, 6.45) is 0. The van der Waals surface area contributed by atoms with Gasteiger partial charge < -0.3 is 9.87 Å². The first-order chi connectivity index (χ1) is 10.6. The van der Waals surface area contributed by atoms with Crippen molar-refractivity contribution in [2.45, 2.75) is 18.4 Å². The largest absolute Gasteiger partial charge is 0.768 e. The fourth-order valence-corrected chi connectivity index (χ4v) is 2.78. The molecule has 112 valence electrons. The number of hydrogen-bond donors (Lipinski definition) is 1. The Labute approximate surface area is 131 Å². The summed E-state index contributed by atoms with van der Waals surface area (Å²) in [4.78, 5) is 4.81. The Balaban J connectivity index is 1.83. The average molecular weight is 311 g/mol. The van der Waals surface area contributed by atoms with E-state index in [9.17, 15) is 8.76 Å². The van der Waals surface area contributed by atoms with Gasteiger partial charge in [0, 0.05) is 28.2 Å². The second-order valence-corrected chi connectivity index (χ2v) is 5.99. The zero-order valence-electron chi connectivity index (χ0n) is 12.1. The number of rotatable bonds is 4. The number of pyridine rings is 1. The molecule has 5 heteroatoms. The molecule has 0 aliphatic carbocycles. The second kappa shape index (κ2) is 6.25. The molecule has 3 aromatic rings. The van der Waals surface area contributed by atoms with Gasteiger partial charge in [-0.1, -0.05) is 18.2 Å². The van der Waals surface area contributed by atoms with Crippen molar-refractivity contribution in [3.63, 3.8) is 0 Å². The number of fused-ring (bicyclic) bond motifs is 1. The monoisotopic (exact) mass is 311 g/mol. The Morgan fingerprint density at radius 1 is 1.14 bits per heavy atom. The molecule has 0 saturated heterocycles. The SMILES string of the molecule is Cc1cc(CNc2ccc(S(=O)[O-])cc2)c2ccccc2n1. The Hall–Kier alpha value is -2.24. The lowest BCUT2D eigenvalue weighted by Gasteiger charge is -2.11. The van der Waals surface area contributed by atoms with Crippen LogP contribution in [-0.4, -0.2) is 13.7 Å². The van der Waals surface area contributed by atoms with Crippen LogP contribution in [0.25, 0.3) is 10.9 Å². The van der Waals surface area contributed by atoms with Gasteiger partial charge in [-0.15, -0.1) is 0 Å². The summed E-state index contributed by atoms with van der Waals surface area (Å²) in [5.41, 5.74) is 4.01. The van der Waals surface area contributed by atoms with Crippen molar-refractivity contribution in [3.8, 4) is 0 Å². The van der Waals surface area contributed by atoms with Gasteiger partial charge in [-0.2, -0.15) is 0 Å². The highest BCUT2D eigenvalue weighted by molar-refractivity contribution is 7.79. The van der Waals surface area contributed by atoms with Crippen LogP contribution in [0.5, 0.6) is 0 Å². The predicted molar refractivity (Wildman–Crippen MR) is 87.4 cm³/mol. The molecule has 0 amide bonds. The minimum Gasteiger partial charge on any atom is -0.768 e. The summed E-state index contributed by atoms with van der Waals surface area (Å²) < 4.78 is 21.7. The molecular formula is C17H15N2O2S-. The fourth-order valence-electron chi connectivity index (χ4n) is 2.42. The number of para-hydroxylation sites is 1. The van der Waals surface area contributed by atoms with E-state index >= 15 is 0 Å². The molecule has 1 unspecified atom stereocenters. The minimum atomic E-state index is -2.18. The van der Waals surface area contributed by atoms with E-state index in [1.807, 2.05) is 25.1 Å². The van der Waals surface area contributed by atoms with Crippen LogP contribution in [0.4, 0.5) is 5.69 Å². The highest BCUT2D eigenvalue weighted by Crippen LogP contribution is 2.20. The third-order valence-corrected chi connectivity index (χ3v) is 4.12. The first-order valence-corrected chi connectivity index (χ1v) is 7.99. The van der Waals surface area contributed by atoms with Crippen molar-refractivity contribution in [2.75, 3.05) is 5.32 Å². The maximum absolute atomic E-state index is 10.8. The average Bonchev–Trinajstić information content (AvgIpc) is 2.52. The van der Waals surface area contributed by atoms with E-state index in [0.717, 1.165) is 22.3 Å². The number of aryl methyl sites for hydroxylation is 1. The van der Waals surface area contributed by atoms with Gasteiger partial charge in [-0.25, -0.2) is 0 Å². The molecule has 0 saturated carbocycles. The number of anilines is 1. The van der Waals surface area contributed by atoms with Gasteiger partial charge in [0.15, 0.2) is 0 Å². The second-order valence-electron chi connectivity index (χ2n) is 5.05. The van der Waals surface area contributed by atoms with Crippen LogP contribution in [0.1, 0.15) is 11.3 Å². The lowest BCUT2D eigenvalue weighted by atomic mass is 10.1. The normalized spacial score (nSPS) is 12.3. The Bertz CT molecular complexity index is 832. The van der Waals surface area contributed by atoms with Crippen molar-refractivity contribution in [1.29, 1.82) is 0 Å². The topological polar surface area (TPSA) is 65.0 Å². The first-order valence-electron chi connectivity index (χ1n) is 6.92. The van der Waals surface area contributed by atoms with Gasteiger partial charge >= 0.3 is 0 Å². The third-order valence-electron chi connectivity index (χ3n) is 3.46. The summed E-state index contributed by atoms with van der Waals surface area (Å²) in [6.45, 7) is 2.64. The van der Waals surface area contributed by atoms with E-state index in [-0.39, 0.29) is 4.90 Å². The van der Waals surface area contributed by atoms with Crippen LogP contribution in [-0.2, 0) is 17.6 Å². The predicted octanol–water partition coefficient (Wildman–Crippen LogP) is 3.39. The Kier molecular flexibility index (Phi) is 4.18. The van der Waals surface area contributed by atoms with Crippen molar-refractivity contribution in [3.05, 3.63) is 65.9 Å². The molecule has 22 heavy (non-hydrogen) atoms. The third kappa shape index (κ3) is 3.16. The molecule has 0 aliphatic rings. The van der Waals surface area contributed by atoms with Gasteiger partial charge in [0.2, 0.25) is 0 Å². The number of benzene rings is 2. The molecule has 1 heterocycles. The van der Waals surface area contributed by atoms with Crippen LogP contribution < -0.4 is 5.32 Å². The standard InChI is InChI=1S/C17H16N2O2S/c1-12-10-13(16-4-2-3-5-17(16)19-12)11-18-14-6-8-15(9-7-14)22(20)21/h2-10,18H,11H2,1H3,(H,20,21)/p-1. The number of nitrogens with one attached hydrogen (secondary N) is 1. The van der Waals surface area contributed by atoms with Crippen molar-refractivity contribution in [1.82, 2.24) is 4.98 Å². The van der Waals surface area contributed by atoms with E-state index in [1.54, 1.807) is 24.3 Å². The first kappa shape index (κ1) is 14.7. The van der Waals surface area contributed by atoms with Gasteiger partial charge in [0.05, 0.1) is 5.52 Å². The molecule has 1 N–H and O–H groups in total. The van der Waals surface area contributed by atoms with Crippen LogP contribution in [0, 0.1) is 6.92 Å². The smallest absolute Gasteiger partial charge is 0.0708 e. The maximum atomic E-state index is 10.8. The zero-order chi connectivity index (χ0) is 15.5. The van der Waals surface area contributed by atoms with E-state index in [2.05, 4.69) is 22.4 Å². The summed E-state index contributed by atoms with van der Waals surface area (Å²) in [5.74, 6) is 0. The lowest BCUT2D eigenvalue weighted by Crippen LogP contribution is -2.02. The summed E-state index contributed by atoms with van der Waals surface area (Å²) >= 11 is -2.18. The Morgan fingerprint density at radius 2 is 1.86 bits per heavy atom. The molecule has 0 bridgehead atoms. The van der Waals surface area contributed by atoms with E-state index < -0.39 is 11.1 Å². The molecule has 1 aromatic heterocycles. The summed E-state index contributed by atoms with van der Waals surface area (Å²) in [7, 11) is 0. The minimum absolute atomic E-state index is 0.288. The summed E-state index contributed by atoms with van der Waals surface area (Å²) in [5, 5.41) is 4.44. The molecule has 0 radical (unpaired) electrons. The highest BCUT2D eigenvalue weighted by Gasteiger charge is 2.03. The van der Waals surface area contributed by atoms with Crippen LogP contribution in [0.2, 0.25) is 0 Å².